The van der Waals surface area contributed by atoms with Crippen LogP contribution in [-0.4, -0.2) is 95.9 Å². The van der Waals surface area contributed by atoms with Crippen LogP contribution in [0.2, 0.25) is 6.32 Å². The van der Waals surface area contributed by atoms with E-state index in [-0.39, 0.29) is 68.0 Å². The summed E-state index contributed by atoms with van der Waals surface area (Å²) in [6, 6.07) is 11.9. The van der Waals surface area contributed by atoms with E-state index in [4.69, 9.17) is 37.7 Å². The highest BCUT2D eigenvalue weighted by molar-refractivity contribution is 6.45. The van der Waals surface area contributed by atoms with Crippen molar-refractivity contribution in [2.24, 2.45) is 11.8 Å². The lowest BCUT2D eigenvalue weighted by molar-refractivity contribution is -0.146. The Hall–Kier alpha value is -4.83. The monoisotopic (exact) mass is 907 g/mol. The molecule has 0 bridgehead atoms. The molecule has 65 heavy (non-hydrogen) atoms. The summed E-state index contributed by atoms with van der Waals surface area (Å²) in [4.78, 5) is 68.1. The lowest BCUT2D eigenvalue weighted by atomic mass is 9.73. The van der Waals surface area contributed by atoms with Crippen LogP contribution in [0.1, 0.15) is 143 Å². The Morgan fingerprint density at radius 3 is 2.18 bits per heavy atom. The third-order valence-corrected chi connectivity index (χ3v) is 11.5. The summed E-state index contributed by atoms with van der Waals surface area (Å²) >= 11 is 0. The third-order valence-electron chi connectivity index (χ3n) is 11.5. The number of carbonyl (C=O) groups is 5. The van der Waals surface area contributed by atoms with Gasteiger partial charge in [-0.15, -0.1) is 0 Å². The molecule has 0 unspecified atom stereocenters. The van der Waals surface area contributed by atoms with E-state index in [1.165, 1.54) is 0 Å². The van der Waals surface area contributed by atoms with Crippen molar-refractivity contribution < 1.29 is 61.7 Å². The van der Waals surface area contributed by atoms with Crippen molar-refractivity contribution in [1.82, 2.24) is 10.2 Å². The SMILES string of the molecule is CC(C)[C@H]1CC[C@]2(C)OB(CCc3ccc(OC4CN(C(=O)C[C@H](CCC(=O)OCc5ccccc5)NC(=O)OC(C)(C)C)C4)c(C(=O)OC(C)(C)C)c3OC(=O)OC(C)(C)C)O[C@@H]2C1. The smallest absolute Gasteiger partial charge is 0.486 e. The topological polar surface area (TPSA) is 174 Å². The van der Waals surface area contributed by atoms with Gasteiger partial charge < -0.3 is 47.9 Å². The molecule has 2 amide bonds. The molecule has 2 saturated heterocycles. The van der Waals surface area contributed by atoms with Gasteiger partial charge in [-0.25, -0.2) is 14.4 Å². The highest BCUT2D eigenvalue weighted by Gasteiger charge is 2.51. The highest BCUT2D eigenvalue weighted by atomic mass is 16.7. The minimum absolute atomic E-state index is 0.0331. The summed E-state index contributed by atoms with van der Waals surface area (Å²) in [5.41, 5.74) is -1.71. The summed E-state index contributed by atoms with van der Waals surface area (Å²) in [7, 11) is -0.503. The maximum Gasteiger partial charge on any atom is 0.514 e. The van der Waals surface area contributed by atoms with Crippen LogP contribution in [0.5, 0.6) is 11.5 Å². The first-order valence-electron chi connectivity index (χ1n) is 23.0. The first-order valence-corrected chi connectivity index (χ1v) is 23.0. The molecular weight excluding hydrogens is 835 g/mol. The average Bonchev–Trinajstić information content (AvgIpc) is 3.50. The molecule has 0 radical (unpaired) electrons. The molecule has 2 heterocycles. The minimum atomic E-state index is -1.01. The Morgan fingerprint density at radius 2 is 1.55 bits per heavy atom. The van der Waals surface area contributed by atoms with E-state index in [2.05, 4.69) is 26.1 Å². The van der Waals surface area contributed by atoms with Gasteiger partial charge in [0.15, 0.2) is 5.75 Å². The molecule has 2 aliphatic heterocycles. The number of esters is 2. The number of nitrogens with one attached hydrogen (secondary N) is 1. The van der Waals surface area contributed by atoms with Gasteiger partial charge in [0, 0.05) is 18.9 Å². The molecular formula is C49H71BN2O13. The molecule has 4 atom stereocenters. The predicted molar refractivity (Wildman–Crippen MR) is 244 cm³/mol. The molecule has 1 N–H and O–H groups in total. The Bertz CT molecular complexity index is 1980. The third kappa shape index (κ3) is 15.7. The Balaban J connectivity index is 1.30. The lowest BCUT2D eigenvalue weighted by Crippen LogP contribution is -2.57. The quantitative estimate of drug-likeness (QED) is 0.0732. The highest BCUT2D eigenvalue weighted by Crippen LogP contribution is 2.45. The van der Waals surface area contributed by atoms with Gasteiger partial charge in [-0.05, 0) is 137 Å². The number of carbonyl (C=O) groups excluding carboxylic acids is 5. The van der Waals surface area contributed by atoms with Gasteiger partial charge in [0.2, 0.25) is 5.91 Å². The number of aryl methyl sites for hydroxylation is 1. The summed E-state index contributed by atoms with van der Waals surface area (Å²) in [5, 5.41) is 2.75. The van der Waals surface area contributed by atoms with Gasteiger partial charge in [-0.2, -0.15) is 0 Å². The molecule has 2 aromatic carbocycles. The van der Waals surface area contributed by atoms with E-state index in [9.17, 15) is 24.0 Å². The zero-order valence-electron chi connectivity index (χ0n) is 40.5. The number of amides is 2. The largest absolute Gasteiger partial charge is 0.514 e. The molecule has 5 rings (SSSR count). The molecule has 15 nitrogen and oxygen atoms in total. The number of hydrogen-bond acceptors (Lipinski definition) is 13. The van der Waals surface area contributed by atoms with E-state index < -0.39 is 65.9 Å². The van der Waals surface area contributed by atoms with Crippen molar-refractivity contribution in [1.29, 1.82) is 0 Å². The van der Waals surface area contributed by atoms with Gasteiger partial charge >= 0.3 is 31.3 Å². The van der Waals surface area contributed by atoms with Crippen LogP contribution >= 0.6 is 0 Å². The van der Waals surface area contributed by atoms with Crippen molar-refractivity contribution in [3.05, 3.63) is 59.2 Å². The number of likely N-dealkylation sites (tertiary alicyclic amines) is 1. The fourth-order valence-electron chi connectivity index (χ4n) is 8.06. The number of fused-ring (bicyclic) bond motifs is 1. The number of rotatable bonds is 16. The van der Waals surface area contributed by atoms with Crippen LogP contribution < -0.4 is 14.8 Å². The second-order valence-electron chi connectivity index (χ2n) is 21.1. The van der Waals surface area contributed by atoms with Gasteiger partial charge in [-0.3, -0.25) is 9.59 Å². The van der Waals surface area contributed by atoms with Crippen LogP contribution in [0.3, 0.4) is 0 Å². The van der Waals surface area contributed by atoms with Gasteiger partial charge in [0.05, 0.1) is 24.8 Å². The number of benzene rings is 2. The lowest BCUT2D eigenvalue weighted by Gasteiger charge is -2.40. The molecule has 358 valence electrons. The zero-order valence-corrected chi connectivity index (χ0v) is 40.5. The fourth-order valence-corrected chi connectivity index (χ4v) is 8.06. The second-order valence-corrected chi connectivity index (χ2v) is 21.1. The Kier molecular flexibility index (Phi) is 16.7. The van der Waals surface area contributed by atoms with Crippen LogP contribution in [0, 0.1) is 11.8 Å². The first-order chi connectivity index (χ1) is 30.3. The normalized spacial score (nSPS) is 20.6. The molecule has 1 aliphatic carbocycles. The molecule has 1 saturated carbocycles. The predicted octanol–water partition coefficient (Wildman–Crippen LogP) is 9.01. The van der Waals surface area contributed by atoms with Crippen LogP contribution in [0.25, 0.3) is 0 Å². The summed E-state index contributed by atoms with van der Waals surface area (Å²) < 4.78 is 47.6. The molecule has 2 aromatic rings. The van der Waals surface area contributed by atoms with Crippen molar-refractivity contribution in [3.8, 4) is 11.5 Å². The second kappa shape index (κ2) is 21.2. The summed E-state index contributed by atoms with van der Waals surface area (Å²) in [6.07, 6.45) is 1.32. The number of hydrogen-bond donors (Lipinski definition) is 1. The number of nitrogens with zero attached hydrogens (tertiary/aromatic N) is 1. The van der Waals surface area contributed by atoms with Crippen LogP contribution in [0.4, 0.5) is 9.59 Å². The standard InChI is InChI=1S/C49H71BN2O13/c1-31(2)34-22-24-49(12)38(26-34)64-50(65-49)25-23-33-18-20-37(41(43(55)61-46(3,4)5)42(33)60-45(57)63-48(9,10)11)59-36-28-52(29-36)39(53)27-35(51-44(56)62-47(6,7)8)19-21-40(54)58-30-32-16-14-13-15-17-32/h13-18,20,31,34-36,38H,19,21-30H2,1-12H3,(H,51,56)/t34-,35-,38+,49-/m0/s1. The van der Waals surface area contributed by atoms with Crippen molar-refractivity contribution in [2.75, 3.05) is 13.1 Å². The Labute approximate surface area is 385 Å². The zero-order chi connectivity index (χ0) is 47.9. The average molecular weight is 907 g/mol. The first kappa shape index (κ1) is 51.2. The van der Waals surface area contributed by atoms with Crippen molar-refractivity contribution in [3.63, 3.8) is 0 Å². The van der Waals surface area contributed by atoms with E-state index >= 15 is 0 Å². The van der Waals surface area contributed by atoms with Gasteiger partial charge in [-0.1, -0.05) is 50.2 Å². The fraction of sp³-hybridized carbons (Fsp3) is 0.653. The Morgan fingerprint density at radius 1 is 0.892 bits per heavy atom. The van der Waals surface area contributed by atoms with Crippen molar-refractivity contribution in [2.45, 2.75) is 182 Å². The van der Waals surface area contributed by atoms with Crippen LogP contribution in [-0.2, 0) is 50.9 Å². The van der Waals surface area contributed by atoms with E-state index in [1.807, 2.05) is 30.3 Å². The summed E-state index contributed by atoms with van der Waals surface area (Å²) in [6.45, 7) is 22.5. The molecule has 16 heteroatoms. The number of ether oxygens (including phenoxy) is 6. The molecule has 3 fully saturated rings. The number of alkyl carbamates (subject to hydrolysis) is 1. The van der Waals surface area contributed by atoms with Gasteiger partial charge in [0.1, 0.15) is 40.8 Å². The van der Waals surface area contributed by atoms with E-state index in [1.54, 1.807) is 79.3 Å². The van der Waals surface area contributed by atoms with E-state index in [0.717, 1.165) is 24.8 Å². The minimum Gasteiger partial charge on any atom is -0.486 e. The molecule has 3 aliphatic rings. The van der Waals surface area contributed by atoms with Crippen LogP contribution in [0.15, 0.2) is 42.5 Å². The molecule has 0 aromatic heterocycles. The maximum atomic E-state index is 14.1. The summed E-state index contributed by atoms with van der Waals surface area (Å²) in [5.74, 6) is -0.383. The maximum absolute atomic E-state index is 14.1. The van der Waals surface area contributed by atoms with Crippen molar-refractivity contribution >= 4 is 37.2 Å². The van der Waals surface area contributed by atoms with E-state index in [0.29, 0.717) is 30.1 Å². The van der Waals surface area contributed by atoms with Gasteiger partial charge in [0.25, 0.3) is 0 Å². The molecule has 0 spiro atoms.